The first kappa shape index (κ1) is 21.0. The minimum absolute atomic E-state index is 0.103. The fourth-order valence-electron chi connectivity index (χ4n) is 4.00. The highest BCUT2D eigenvalue weighted by atomic mass is 16.5. The number of para-hydroxylation sites is 1. The van der Waals surface area contributed by atoms with Crippen LogP contribution in [0.4, 0.5) is 0 Å². The Bertz CT molecular complexity index is 830. The van der Waals surface area contributed by atoms with Gasteiger partial charge in [-0.1, -0.05) is 18.2 Å². The third-order valence-corrected chi connectivity index (χ3v) is 5.49. The standard InChI is InChI=1S/C23H29NO5/c1-4-29-20-8-6-5-7-18(20)22(24-13-11-16(12-14-24)23(25)26)19-10-9-17(27-2)15-21(19)28-3/h5-10,15-16,22H,4,11-14H2,1-3H3,(H,25,26). The van der Waals surface area contributed by atoms with Crippen molar-refractivity contribution in [3.05, 3.63) is 53.6 Å². The lowest BCUT2D eigenvalue weighted by molar-refractivity contribution is -0.143. The van der Waals surface area contributed by atoms with Crippen LogP contribution in [0.1, 0.15) is 36.9 Å². The van der Waals surface area contributed by atoms with E-state index in [4.69, 9.17) is 14.2 Å². The minimum atomic E-state index is -0.710. The molecule has 1 saturated heterocycles. The molecule has 0 saturated carbocycles. The van der Waals surface area contributed by atoms with Crippen LogP contribution in [-0.4, -0.2) is 49.9 Å². The van der Waals surface area contributed by atoms with Crippen molar-refractivity contribution in [3.8, 4) is 17.2 Å². The van der Waals surface area contributed by atoms with Crippen LogP contribution in [0.25, 0.3) is 0 Å². The second-order valence-electron chi connectivity index (χ2n) is 7.13. The summed E-state index contributed by atoms with van der Waals surface area (Å²) in [5.74, 6) is 1.30. The summed E-state index contributed by atoms with van der Waals surface area (Å²) in [6.45, 7) is 3.93. The van der Waals surface area contributed by atoms with Crippen LogP contribution < -0.4 is 14.2 Å². The van der Waals surface area contributed by atoms with E-state index in [2.05, 4.69) is 11.0 Å². The quantitative estimate of drug-likeness (QED) is 0.724. The summed E-state index contributed by atoms with van der Waals surface area (Å²) in [6, 6.07) is 13.8. The van der Waals surface area contributed by atoms with Gasteiger partial charge in [0.1, 0.15) is 17.2 Å². The van der Waals surface area contributed by atoms with Gasteiger partial charge in [0.2, 0.25) is 0 Å². The number of hydrogen-bond acceptors (Lipinski definition) is 5. The van der Waals surface area contributed by atoms with Crippen LogP contribution in [0.5, 0.6) is 17.2 Å². The van der Waals surface area contributed by atoms with Crippen molar-refractivity contribution in [1.29, 1.82) is 0 Å². The number of benzene rings is 2. The average Bonchev–Trinajstić information content (AvgIpc) is 2.75. The van der Waals surface area contributed by atoms with Crippen LogP contribution >= 0.6 is 0 Å². The molecule has 1 fully saturated rings. The Morgan fingerprint density at radius 3 is 2.38 bits per heavy atom. The molecule has 0 bridgehead atoms. The van der Waals surface area contributed by atoms with Gasteiger partial charge in [0.15, 0.2) is 0 Å². The Kier molecular flexibility index (Phi) is 6.99. The van der Waals surface area contributed by atoms with Gasteiger partial charge < -0.3 is 19.3 Å². The molecule has 1 aliphatic heterocycles. The van der Waals surface area contributed by atoms with E-state index in [9.17, 15) is 9.90 Å². The SMILES string of the molecule is CCOc1ccccc1C(c1ccc(OC)cc1OC)N1CCC(C(=O)O)CC1. The molecule has 1 aliphatic rings. The fraction of sp³-hybridized carbons (Fsp3) is 0.435. The first-order chi connectivity index (χ1) is 14.1. The fourth-order valence-corrected chi connectivity index (χ4v) is 4.00. The number of aliphatic carboxylic acids is 1. The number of ether oxygens (including phenoxy) is 3. The van der Waals surface area contributed by atoms with Crippen molar-refractivity contribution < 1.29 is 24.1 Å². The van der Waals surface area contributed by atoms with E-state index < -0.39 is 5.97 Å². The summed E-state index contributed by atoms with van der Waals surface area (Å²) in [5, 5.41) is 9.38. The lowest BCUT2D eigenvalue weighted by Gasteiger charge is -2.38. The normalized spacial score (nSPS) is 16.2. The maximum Gasteiger partial charge on any atom is 0.306 e. The van der Waals surface area contributed by atoms with Gasteiger partial charge >= 0.3 is 5.97 Å². The van der Waals surface area contributed by atoms with Gasteiger partial charge in [0.25, 0.3) is 0 Å². The van der Waals surface area contributed by atoms with Crippen LogP contribution in [0.2, 0.25) is 0 Å². The molecule has 1 unspecified atom stereocenters. The molecule has 0 aromatic heterocycles. The molecule has 2 aromatic rings. The van der Waals surface area contributed by atoms with Gasteiger partial charge in [-0.25, -0.2) is 0 Å². The summed E-state index contributed by atoms with van der Waals surface area (Å²) >= 11 is 0. The smallest absolute Gasteiger partial charge is 0.306 e. The average molecular weight is 399 g/mol. The number of nitrogens with zero attached hydrogens (tertiary/aromatic N) is 1. The van der Waals surface area contributed by atoms with Crippen LogP contribution in [0, 0.1) is 5.92 Å². The summed E-state index contributed by atoms with van der Waals surface area (Å²) < 4.78 is 17.0. The molecule has 1 heterocycles. The number of carboxylic acid groups (broad SMARTS) is 1. The number of piperidine rings is 1. The van der Waals surface area contributed by atoms with Crippen molar-refractivity contribution in [1.82, 2.24) is 4.90 Å². The molecule has 6 heteroatoms. The molecule has 2 aromatic carbocycles. The molecule has 0 amide bonds. The van der Waals surface area contributed by atoms with Crippen LogP contribution in [0.15, 0.2) is 42.5 Å². The molecule has 156 valence electrons. The van der Waals surface area contributed by atoms with Crippen molar-refractivity contribution in [2.45, 2.75) is 25.8 Å². The molecule has 1 atom stereocenters. The van der Waals surface area contributed by atoms with E-state index in [1.54, 1.807) is 14.2 Å². The second-order valence-corrected chi connectivity index (χ2v) is 7.13. The van der Waals surface area contributed by atoms with Gasteiger partial charge in [0.05, 0.1) is 32.8 Å². The zero-order valence-electron chi connectivity index (χ0n) is 17.3. The Labute approximate surface area is 172 Å². The molecule has 0 spiro atoms. The molecule has 0 radical (unpaired) electrons. The van der Waals surface area contributed by atoms with E-state index in [1.165, 1.54) is 0 Å². The zero-order chi connectivity index (χ0) is 20.8. The number of methoxy groups -OCH3 is 2. The largest absolute Gasteiger partial charge is 0.497 e. The molecule has 0 aliphatic carbocycles. The van der Waals surface area contributed by atoms with Crippen LogP contribution in [0.3, 0.4) is 0 Å². The van der Waals surface area contributed by atoms with E-state index in [-0.39, 0.29) is 12.0 Å². The minimum Gasteiger partial charge on any atom is -0.497 e. The van der Waals surface area contributed by atoms with E-state index in [1.807, 2.05) is 43.3 Å². The maximum absolute atomic E-state index is 11.4. The van der Waals surface area contributed by atoms with Gasteiger partial charge in [0, 0.05) is 17.2 Å². The molecular weight excluding hydrogens is 370 g/mol. The first-order valence-corrected chi connectivity index (χ1v) is 9.99. The topological polar surface area (TPSA) is 68.2 Å². The summed E-state index contributed by atoms with van der Waals surface area (Å²) in [5.41, 5.74) is 2.06. The lowest BCUT2D eigenvalue weighted by atomic mass is 9.90. The summed E-state index contributed by atoms with van der Waals surface area (Å²) in [7, 11) is 3.29. The van der Waals surface area contributed by atoms with Crippen molar-refractivity contribution in [2.75, 3.05) is 33.9 Å². The molecule has 1 N–H and O–H groups in total. The predicted octanol–water partition coefficient (Wildman–Crippen LogP) is 3.99. The third kappa shape index (κ3) is 4.65. The number of likely N-dealkylation sites (tertiary alicyclic amines) is 1. The zero-order valence-corrected chi connectivity index (χ0v) is 17.3. The Morgan fingerprint density at radius 2 is 1.76 bits per heavy atom. The number of rotatable bonds is 8. The second kappa shape index (κ2) is 9.65. The highest BCUT2D eigenvalue weighted by Gasteiger charge is 2.33. The predicted molar refractivity (Wildman–Crippen MR) is 111 cm³/mol. The summed E-state index contributed by atoms with van der Waals surface area (Å²) in [6.07, 6.45) is 1.25. The van der Waals surface area contributed by atoms with Crippen molar-refractivity contribution >= 4 is 5.97 Å². The van der Waals surface area contributed by atoms with Crippen molar-refractivity contribution in [3.63, 3.8) is 0 Å². The highest BCUT2D eigenvalue weighted by molar-refractivity contribution is 5.70. The molecule has 3 rings (SSSR count). The Hall–Kier alpha value is -2.73. The van der Waals surface area contributed by atoms with Crippen LogP contribution in [-0.2, 0) is 4.79 Å². The number of carbonyl (C=O) groups is 1. The van der Waals surface area contributed by atoms with Gasteiger partial charge in [-0.3, -0.25) is 9.69 Å². The lowest BCUT2D eigenvalue weighted by Crippen LogP contribution is -2.39. The maximum atomic E-state index is 11.4. The van der Waals surface area contributed by atoms with E-state index in [0.717, 1.165) is 28.4 Å². The molecule has 6 nitrogen and oxygen atoms in total. The van der Waals surface area contributed by atoms with Gasteiger partial charge in [-0.05, 0) is 51.1 Å². The first-order valence-electron chi connectivity index (χ1n) is 9.99. The third-order valence-electron chi connectivity index (χ3n) is 5.49. The monoisotopic (exact) mass is 399 g/mol. The van der Waals surface area contributed by atoms with Gasteiger partial charge in [-0.15, -0.1) is 0 Å². The molecule has 29 heavy (non-hydrogen) atoms. The van der Waals surface area contributed by atoms with E-state index in [0.29, 0.717) is 32.5 Å². The van der Waals surface area contributed by atoms with E-state index >= 15 is 0 Å². The molecular formula is C23H29NO5. The Morgan fingerprint density at radius 1 is 1.07 bits per heavy atom. The Balaban J connectivity index is 2.05. The summed E-state index contributed by atoms with van der Waals surface area (Å²) in [4.78, 5) is 13.7. The van der Waals surface area contributed by atoms with Gasteiger partial charge in [-0.2, -0.15) is 0 Å². The van der Waals surface area contributed by atoms with Crippen molar-refractivity contribution in [2.24, 2.45) is 5.92 Å². The number of carboxylic acids is 1. The number of hydrogen-bond donors (Lipinski definition) is 1. The highest BCUT2D eigenvalue weighted by Crippen LogP contribution is 2.41.